The molecule has 0 radical (unpaired) electrons. The summed E-state index contributed by atoms with van der Waals surface area (Å²) < 4.78 is 128. The summed E-state index contributed by atoms with van der Waals surface area (Å²) in [6.45, 7) is 20.3. The van der Waals surface area contributed by atoms with Gasteiger partial charge in [-0.25, -0.2) is 108 Å². The van der Waals surface area contributed by atoms with E-state index in [4.69, 9.17) is 55.2 Å². The van der Waals surface area contributed by atoms with E-state index in [2.05, 4.69) is 90.4 Å². The van der Waals surface area contributed by atoms with Gasteiger partial charge >= 0.3 is 0 Å². The molecule has 48 heteroatoms. The van der Waals surface area contributed by atoms with Gasteiger partial charge in [0.15, 0.2) is 64.6 Å². The molecule has 18 rings (SSSR count). The minimum atomic E-state index is -2.03. The molecular weight excluding hydrogens is 1660 g/mol. The van der Waals surface area contributed by atoms with Gasteiger partial charge in [-0.15, -0.1) is 23.5 Å². The normalized spacial score (nSPS) is 30.5. The van der Waals surface area contributed by atoms with Crippen LogP contribution in [0.1, 0.15) is 160 Å². The first-order chi connectivity index (χ1) is 58.2. The second-order valence-electron chi connectivity index (χ2n) is 30.1. The SMILES string of the molecule is CC[C@H]1O[C@@H](c2cnc3c(N)nc(C)nn23)[C@H](F)[C@@H]1C.CC[C@H]1O[C@@H](c2cnc3c(SC)nc(C)nn23)[C@H](F)[C@@H]1C.CC[C@H]1O[C@@](O)(c2cnc3c(SC)nc(C)nn23)[C@H](F)[C@@H]1C.Cc1nc(N)c2ncc([C@@H]3O[C@H](CO)[C@@H](O)[C@H]3F)n2n1.Cc1ncnn2c([C@@H]3O[C@H](CO)[C@@H](O)[C@H]3F)cnc12.Cc1nn2c([C@@H]3O[C@H](CO)[C@@H](O)[C@H]3F)cnc2c(=O)[nH]1. The van der Waals surface area contributed by atoms with E-state index >= 15 is 0 Å². The number of fused-ring (bicyclic) bond motifs is 6. The van der Waals surface area contributed by atoms with E-state index in [1.54, 1.807) is 63.0 Å². The average Bonchev–Trinajstić information content (AvgIpc) is 1.61. The molecular formula is C74H96F6N26O14S2. The zero-order valence-corrected chi connectivity index (χ0v) is 70.2. The molecule has 660 valence electrons. The summed E-state index contributed by atoms with van der Waals surface area (Å²) in [5.74, 6) is 0.198. The predicted molar refractivity (Wildman–Crippen MR) is 422 cm³/mol. The number of nitrogens with two attached hydrogens (primary N) is 2. The Hall–Kier alpha value is -9.54. The molecule has 6 fully saturated rings. The van der Waals surface area contributed by atoms with E-state index in [9.17, 15) is 51.6 Å². The van der Waals surface area contributed by atoms with E-state index in [1.807, 2.05) is 54.1 Å². The Morgan fingerprint density at radius 3 is 1.18 bits per heavy atom. The van der Waals surface area contributed by atoms with Crippen molar-refractivity contribution in [1.29, 1.82) is 0 Å². The number of H-pyrrole nitrogens is 1. The van der Waals surface area contributed by atoms with Gasteiger partial charge in [-0.3, -0.25) is 4.79 Å². The smallest absolute Gasteiger partial charge is 0.294 e. The van der Waals surface area contributed by atoms with Crippen LogP contribution in [-0.2, 0) is 34.2 Å². The molecule has 0 aromatic carbocycles. The number of hydrogen-bond donors (Lipinski definition) is 10. The molecule has 0 saturated carbocycles. The van der Waals surface area contributed by atoms with Crippen molar-refractivity contribution >= 4 is 69.0 Å². The Morgan fingerprint density at radius 1 is 0.443 bits per heavy atom. The van der Waals surface area contributed by atoms with Crippen LogP contribution in [-0.4, -0.2) is 278 Å². The third-order valence-electron chi connectivity index (χ3n) is 22.0. The zero-order chi connectivity index (χ0) is 88.1. The van der Waals surface area contributed by atoms with Crippen molar-refractivity contribution in [2.24, 2.45) is 17.8 Å². The summed E-state index contributed by atoms with van der Waals surface area (Å²) in [7, 11) is 0. The molecule has 40 nitrogen and oxygen atoms in total. The van der Waals surface area contributed by atoms with Crippen molar-refractivity contribution in [2.75, 3.05) is 43.8 Å². The number of imidazole rings is 6. The highest BCUT2D eigenvalue weighted by Crippen LogP contribution is 2.47. The van der Waals surface area contributed by atoms with Crippen LogP contribution < -0.4 is 17.0 Å². The lowest BCUT2D eigenvalue weighted by Crippen LogP contribution is -2.37. The van der Waals surface area contributed by atoms with E-state index < -0.39 is 141 Å². The van der Waals surface area contributed by atoms with Crippen LogP contribution in [0.4, 0.5) is 38.0 Å². The number of nitrogen functional groups attached to an aromatic ring is 2. The van der Waals surface area contributed by atoms with Gasteiger partial charge in [0.05, 0.1) is 109 Å². The molecule has 12 N–H and O–H groups in total. The van der Waals surface area contributed by atoms with E-state index in [0.29, 0.717) is 97.3 Å². The number of rotatable bonds is 14. The summed E-state index contributed by atoms with van der Waals surface area (Å²) in [6, 6.07) is 0. The zero-order valence-electron chi connectivity index (χ0n) is 68.6. The maximum atomic E-state index is 14.7. The minimum Gasteiger partial charge on any atom is -0.394 e. The number of halogens is 6. The fourth-order valence-electron chi connectivity index (χ4n) is 15.5. The summed E-state index contributed by atoms with van der Waals surface area (Å²) in [4.78, 5) is 59.7. The Kier molecular flexibility index (Phi) is 27.4. The van der Waals surface area contributed by atoms with Crippen molar-refractivity contribution < 1.29 is 90.5 Å². The predicted octanol–water partition coefficient (Wildman–Crippen LogP) is 4.47. The van der Waals surface area contributed by atoms with Crippen LogP contribution in [0.25, 0.3) is 33.9 Å². The number of hydrogen-bond acceptors (Lipinski definition) is 35. The molecule has 12 aromatic heterocycles. The molecule has 0 bridgehead atoms. The number of aliphatic hydroxyl groups is 7. The third-order valence-corrected chi connectivity index (χ3v) is 23.3. The monoisotopic (exact) mass is 1750 g/mol. The maximum absolute atomic E-state index is 14.7. The van der Waals surface area contributed by atoms with Gasteiger partial charge in [-0.05, 0) is 73.3 Å². The number of aryl methyl sites for hydroxylation is 6. The van der Waals surface area contributed by atoms with E-state index in [-0.39, 0.29) is 58.8 Å². The third kappa shape index (κ3) is 16.9. The fraction of sp³-hybridized carbons (Fsp3) is 0.595. The van der Waals surface area contributed by atoms with Gasteiger partial charge in [0.25, 0.3) is 5.56 Å². The molecule has 0 spiro atoms. The number of nitrogens with one attached hydrogen (secondary N) is 1. The lowest BCUT2D eigenvalue weighted by atomic mass is 9.95. The number of thioether (sulfide) groups is 2. The van der Waals surface area contributed by atoms with E-state index in [1.165, 1.54) is 72.7 Å². The van der Waals surface area contributed by atoms with Gasteiger partial charge in [-0.1, -0.05) is 41.5 Å². The highest BCUT2D eigenvalue weighted by atomic mass is 32.2. The molecule has 6 saturated heterocycles. The van der Waals surface area contributed by atoms with Gasteiger partial charge in [0.1, 0.15) is 131 Å². The fourth-order valence-corrected chi connectivity index (χ4v) is 16.6. The van der Waals surface area contributed by atoms with Crippen molar-refractivity contribution in [1.82, 2.24) is 117 Å². The lowest BCUT2D eigenvalue weighted by molar-refractivity contribution is -0.227. The van der Waals surface area contributed by atoms with Crippen LogP contribution >= 0.6 is 23.5 Å². The molecule has 6 aliphatic heterocycles. The average molecular weight is 1750 g/mol. The first-order valence-corrected chi connectivity index (χ1v) is 41.6. The summed E-state index contributed by atoms with van der Waals surface area (Å²) in [5, 5.41) is 93.4. The van der Waals surface area contributed by atoms with Crippen LogP contribution in [0.15, 0.2) is 58.4 Å². The lowest BCUT2D eigenvalue weighted by Gasteiger charge is -2.24. The molecule has 24 atom stereocenters. The molecule has 6 aliphatic rings. The topological polar surface area (TPSA) is 527 Å². The van der Waals surface area contributed by atoms with Gasteiger partial charge in [-0.2, -0.15) is 30.6 Å². The van der Waals surface area contributed by atoms with Crippen molar-refractivity contribution in [3.63, 3.8) is 0 Å². The number of aliphatic hydroxyl groups excluding tert-OH is 6. The van der Waals surface area contributed by atoms with Gasteiger partial charge < -0.3 is 80.6 Å². The molecule has 122 heavy (non-hydrogen) atoms. The van der Waals surface area contributed by atoms with Crippen molar-refractivity contribution in [2.45, 2.75) is 241 Å². The van der Waals surface area contributed by atoms with Gasteiger partial charge in [0, 0.05) is 17.8 Å². The largest absolute Gasteiger partial charge is 0.394 e. The Balaban J connectivity index is 0.000000126. The number of aromatic amines is 1. The Labute approximate surface area is 699 Å². The Morgan fingerprint density at radius 2 is 0.787 bits per heavy atom. The standard InChI is InChI=1S/C14H19FN4O2S.C14H19FN4OS.C13H18FN5O.C11H14FN5O3.C11H13FN4O4.C11H13FN4O3/c1-5-9-7(2)11(15)14(20,21-9)10-6-16-12-13(22-4)17-8(3)18-19(10)12;1-5-10-7(2)11(15)12(20-10)9-6-16-13-14(21-4)17-8(3)18-19(9)13;1-4-9-6(2)10(14)11(20-9)8-5-16-13-12(15)17-7(3)18-19(8)13;1-4-15-10(13)11-14-2-5(17(11)16-4)9-7(12)8(19)6(3-18)20-9;1-4-14-11(19)10-13-2-5(16(10)15-4)9-7(12)8(18)6(3-17)20-9;1-5-11-13-2-6(16(11)15-4-14-5)10-8(12)9(18)7(3-17)19-10/h6-7,9,11,20H,5H2,1-4H3;6-7,10-12H,5H2,1-4H3;5-6,9-11H,4H2,1-3H3,(H2,15,17,18);2,6-9,18-19H,3H2,1H3,(H2,13,15,16);2,6-9,17-18H,3H2,1H3,(H,14,15,19);2,4,7-10,17-18H,3H2,1H3/t7-,9-,11-,14+;7-,10-,11-,12+;6-,9-,10-,11+;2*6-,7-,8-,9+;7-,8-,9-,10+/m111111/s1. The minimum absolute atomic E-state index is 0.0170. The quantitative estimate of drug-likeness (QED) is 0.0530. The Bertz CT molecular complexity index is 5630. The summed E-state index contributed by atoms with van der Waals surface area (Å²) in [5.41, 5.74) is 16.6. The number of alkyl halides is 6. The maximum Gasteiger partial charge on any atom is 0.294 e. The van der Waals surface area contributed by atoms with Crippen LogP contribution in [0.5, 0.6) is 0 Å². The van der Waals surface area contributed by atoms with Crippen LogP contribution in [0.2, 0.25) is 0 Å². The molecule has 0 aliphatic carbocycles. The van der Waals surface area contributed by atoms with Crippen LogP contribution in [0.3, 0.4) is 0 Å². The number of nitrogens with zero attached hydrogens (tertiary/aromatic N) is 23. The first kappa shape index (κ1) is 90.2. The van der Waals surface area contributed by atoms with Gasteiger partial charge in [0.2, 0.25) is 11.4 Å². The molecule has 18 heterocycles. The summed E-state index contributed by atoms with van der Waals surface area (Å²) >= 11 is 2.93. The second-order valence-corrected chi connectivity index (χ2v) is 31.6. The number of aromatic nitrogens is 24. The van der Waals surface area contributed by atoms with E-state index in [0.717, 1.165) is 17.9 Å². The van der Waals surface area contributed by atoms with Crippen LogP contribution in [0, 0.1) is 59.3 Å². The molecule has 0 amide bonds. The van der Waals surface area contributed by atoms with Crippen molar-refractivity contribution in [3.05, 3.63) is 123 Å². The number of anilines is 2. The first-order valence-electron chi connectivity index (χ1n) is 39.2. The molecule has 0 unspecified atom stereocenters. The molecule has 12 aromatic rings. The highest BCUT2D eigenvalue weighted by molar-refractivity contribution is 7.99. The summed E-state index contributed by atoms with van der Waals surface area (Å²) in [6.07, 6.45) is -4.60. The van der Waals surface area contributed by atoms with Crippen molar-refractivity contribution in [3.8, 4) is 0 Å². The number of ether oxygens (including phenoxy) is 6. The highest BCUT2D eigenvalue weighted by Gasteiger charge is 2.56. The second kappa shape index (κ2) is 37.1.